The fourth-order valence-electron chi connectivity index (χ4n) is 1.19. The normalized spacial score (nSPS) is 18.9. The molecule has 3 N–H and O–H groups in total. The molecule has 0 bridgehead atoms. The van der Waals surface area contributed by atoms with Crippen molar-refractivity contribution in [1.29, 1.82) is 10.8 Å². The van der Waals surface area contributed by atoms with Gasteiger partial charge in [0.1, 0.15) is 0 Å². The first-order chi connectivity index (χ1) is 5.74. The Morgan fingerprint density at radius 2 is 1.92 bits per heavy atom. The molecular weight excluding hydrogens is 154 g/mol. The predicted octanol–water partition coefficient (Wildman–Crippen LogP) is -0.635. The van der Waals surface area contributed by atoms with Gasteiger partial charge in [-0.2, -0.15) is 0 Å². The van der Waals surface area contributed by atoms with Crippen molar-refractivity contribution in [3.63, 3.8) is 0 Å². The lowest BCUT2D eigenvalue weighted by Crippen LogP contribution is -2.50. The first kappa shape index (κ1) is 8.99. The molecule has 0 unspecified atom stereocenters. The fraction of sp³-hybridized carbons (Fsp3) is 0.714. The number of hydrogen-bond donors (Lipinski definition) is 3. The molecule has 0 saturated carbocycles. The smallest absolute Gasteiger partial charge is 0.196 e. The maximum Gasteiger partial charge on any atom is 0.196 e. The fourth-order valence-corrected chi connectivity index (χ4v) is 1.19. The highest BCUT2D eigenvalue weighted by Crippen LogP contribution is 1.97. The van der Waals surface area contributed by atoms with Crippen LogP contribution in [0.4, 0.5) is 0 Å². The topological polar surface area (TPSA) is 66.2 Å². The molecule has 1 fully saturated rings. The third-order valence-corrected chi connectivity index (χ3v) is 2.03. The number of likely N-dealkylation sites (N-methyl/N-ethyl adjacent to an activating group) is 1. The van der Waals surface area contributed by atoms with E-state index in [-0.39, 0.29) is 0 Å². The van der Waals surface area contributed by atoms with Crippen molar-refractivity contribution in [2.45, 2.75) is 0 Å². The monoisotopic (exact) mass is 169 g/mol. The minimum Gasteiger partial charge on any atom is -0.340 e. The molecule has 0 aliphatic carbocycles. The Morgan fingerprint density at radius 3 is 2.42 bits per heavy atom. The summed E-state index contributed by atoms with van der Waals surface area (Å²) in [6, 6.07) is 0. The Hall–Kier alpha value is -1.10. The van der Waals surface area contributed by atoms with E-state index in [1.165, 1.54) is 0 Å². The first-order valence-electron chi connectivity index (χ1n) is 4.01. The summed E-state index contributed by atoms with van der Waals surface area (Å²) in [6.07, 6.45) is 1.04. The lowest BCUT2D eigenvalue weighted by atomic mass is 10.3. The van der Waals surface area contributed by atoms with Crippen molar-refractivity contribution < 1.29 is 0 Å². The number of nitrogens with zero attached hydrogens (tertiary/aromatic N) is 2. The minimum absolute atomic E-state index is 0.332. The van der Waals surface area contributed by atoms with Crippen LogP contribution in [0, 0.1) is 10.8 Å². The number of piperazine rings is 1. The molecule has 0 amide bonds. The summed E-state index contributed by atoms with van der Waals surface area (Å²) in [4.78, 5) is 4.17. The van der Waals surface area contributed by atoms with Gasteiger partial charge >= 0.3 is 0 Å². The lowest BCUT2D eigenvalue weighted by Gasteiger charge is -2.33. The van der Waals surface area contributed by atoms with Crippen LogP contribution >= 0.6 is 0 Å². The zero-order valence-corrected chi connectivity index (χ0v) is 7.30. The molecule has 0 aromatic rings. The van der Waals surface area contributed by atoms with Gasteiger partial charge < -0.3 is 15.1 Å². The maximum atomic E-state index is 7.49. The predicted molar refractivity (Wildman–Crippen MR) is 48.7 cm³/mol. The molecule has 1 aliphatic rings. The average molecular weight is 169 g/mol. The van der Waals surface area contributed by atoms with E-state index in [1.807, 2.05) is 4.90 Å². The molecular formula is C7H15N5. The second kappa shape index (κ2) is 4.06. The van der Waals surface area contributed by atoms with Gasteiger partial charge in [0.25, 0.3) is 0 Å². The second-order valence-corrected chi connectivity index (χ2v) is 2.93. The van der Waals surface area contributed by atoms with Crippen molar-refractivity contribution in [3.05, 3.63) is 0 Å². The summed E-state index contributed by atoms with van der Waals surface area (Å²) in [5.74, 6) is 0.332. The highest BCUT2D eigenvalue weighted by atomic mass is 15.3. The van der Waals surface area contributed by atoms with Gasteiger partial charge in [-0.15, -0.1) is 0 Å². The Balaban J connectivity index is 2.33. The van der Waals surface area contributed by atoms with Gasteiger partial charge in [-0.3, -0.25) is 10.8 Å². The van der Waals surface area contributed by atoms with E-state index in [2.05, 4.69) is 17.3 Å². The molecule has 5 heteroatoms. The van der Waals surface area contributed by atoms with Crippen LogP contribution in [0.5, 0.6) is 0 Å². The number of nitrogens with one attached hydrogen (secondary N) is 3. The number of hydrogen-bond acceptors (Lipinski definition) is 3. The van der Waals surface area contributed by atoms with Gasteiger partial charge in [0.2, 0.25) is 0 Å². The molecule has 1 heterocycles. The third kappa shape index (κ3) is 2.20. The third-order valence-electron chi connectivity index (χ3n) is 2.03. The van der Waals surface area contributed by atoms with Crippen molar-refractivity contribution in [3.8, 4) is 0 Å². The summed E-state index contributed by atoms with van der Waals surface area (Å²) in [5, 5.41) is 16.8. The summed E-state index contributed by atoms with van der Waals surface area (Å²) >= 11 is 0. The zero-order chi connectivity index (χ0) is 8.97. The van der Waals surface area contributed by atoms with E-state index in [1.54, 1.807) is 0 Å². The standard InChI is InChI=1S/C7H15N5/c1-11-2-4-12(5-3-11)7(9)10-6-8/h6H,2-5H2,1H3,(H3,8,9,10). The molecule has 1 rings (SSSR count). The van der Waals surface area contributed by atoms with Gasteiger partial charge in [0, 0.05) is 26.2 Å². The van der Waals surface area contributed by atoms with Crippen LogP contribution in [0.3, 0.4) is 0 Å². The number of rotatable bonds is 1. The Morgan fingerprint density at radius 1 is 1.33 bits per heavy atom. The first-order valence-corrected chi connectivity index (χ1v) is 4.01. The Labute approximate surface area is 72.4 Å². The van der Waals surface area contributed by atoms with Crippen molar-refractivity contribution in [2.75, 3.05) is 33.2 Å². The van der Waals surface area contributed by atoms with Gasteiger partial charge in [0.15, 0.2) is 5.96 Å². The SMILES string of the molecule is CN1CCN(C(=N)NC=N)CC1. The van der Waals surface area contributed by atoms with Crippen LogP contribution in [0.25, 0.3) is 0 Å². The highest BCUT2D eigenvalue weighted by molar-refractivity contribution is 5.87. The van der Waals surface area contributed by atoms with E-state index >= 15 is 0 Å². The molecule has 68 valence electrons. The zero-order valence-electron chi connectivity index (χ0n) is 7.30. The van der Waals surface area contributed by atoms with Crippen LogP contribution in [-0.4, -0.2) is 55.3 Å². The van der Waals surface area contributed by atoms with E-state index in [4.69, 9.17) is 10.8 Å². The molecule has 0 atom stereocenters. The average Bonchev–Trinajstić information content (AvgIpc) is 2.06. The summed E-state index contributed by atoms with van der Waals surface area (Å²) < 4.78 is 0. The van der Waals surface area contributed by atoms with Crippen molar-refractivity contribution in [2.24, 2.45) is 0 Å². The van der Waals surface area contributed by atoms with E-state index in [9.17, 15) is 0 Å². The van der Waals surface area contributed by atoms with Gasteiger partial charge in [0.05, 0.1) is 6.34 Å². The van der Waals surface area contributed by atoms with Crippen molar-refractivity contribution in [1.82, 2.24) is 15.1 Å². The van der Waals surface area contributed by atoms with E-state index in [0.717, 1.165) is 32.5 Å². The van der Waals surface area contributed by atoms with Gasteiger partial charge in [-0.05, 0) is 7.05 Å². The van der Waals surface area contributed by atoms with Crippen LogP contribution in [0.15, 0.2) is 0 Å². The summed E-state index contributed by atoms with van der Waals surface area (Å²) in [5.41, 5.74) is 0. The largest absolute Gasteiger partial charge is 0.340 e. The molecule has 0 aromatic carbocycles. The molecule has 5 nitrogen and oxygen atoms in total. The summed E-state index contributed by atoms with van der Waals surface area (Å²) in [7, 11) is 2.07. The Bertz CT molecular complexity index is 171. The second-order valence-electron chi connectivity index (χ2n) is 2.93. The lowest BCUT2D eigenvalue weighted by molar-refractivity contribution is 0.212. The Kier molecular flexibility index (Phi) is 3.04. The molecule has 0 radical (unpaired) electrons. The van der Waals surface area contributed by atoms with Crippen LogP contribution in [-0.2, 0) is 0 Å². The quantitative estimate of drug-likeness (QED) is 0.361. The minimum atomic E-state index is 0.332. The van der Waals surface area contributed by atoms with Crippen molar-refractivity contribution >= 4 is 12.3 Å². The van der Waals surface area contributed by atoms with Gasteiger partial charge in [-0.25, -0.2) is 0 Å². The molecule has 1 saturated heterocycles. The highest BCUT2D eigenvalue weighted by Gasteiger charge is 2.15. The van der Waals surface area contributed by atoms with Gasteiger partial charge in [-0.1, -0.05) is 0 Å². The molecule has 1 aliphatic heterocycles. The van der Waals surface area contributed by atoms with Crippen LogP contribution in [0.2, 0.25) is 0 Å². The van der Waals surface area contributed by atoms with E-state index in [0.29, 0.717) is 5.96 Å². The molecule has 12 heavy (non-hydrogen) atoms. The molecule has 0 spiro atoms. The number of guanidine groups is 1. The van der Waals surface area contributed by atoms with Crippen LogP contribution in [0.1, 0.15) is 0 Å². The summed E-state index contributed by atoms with van der Waals surface area (Å²) in [6.45, 7) is 3.72. The van der Waals surface area contributed by atoms with Crippen LogP contribution < -0.4 is 5.32 Å². The molecule has 0 aromatic heterocycles. The maximum absolute atomic E-state index is 7.49. The van der Waals surface area contributed by atoms with E-state index < -0.39 is 0 Å².